The molecule has 1 unspecified atom stereocenters. The zero-order chi connectivity index (χ0) is 68.7. The average Bonchev–Trinajstić information content (AvgIpc) is 1.51. The molecular weight excluding hydrogens is 1250 g/mol. The zero-order valence-corrected chi connectivity index (χ0v) is 57.2. The molecule has 0 bridgehead atoms. The van der Waals surface area contributed by atoms with Gasteiger partial charge in [0.2, 0.25) is 0 Å². The van der Waals surface area contributed by atoms with Crippen molar-refractivity contribution < 1.29 is 0 Å². The Hall–Kier alpha value is -13.4. The molecule has 0 N–H and O–H groups in total. The highest BCUT2D eigenvalue weighted by Crippen LogP contribution is 2.62. The molecule has 0 spiro atoms. The van der Waals surface area contributed by atoms with Gasteiger partial charge in [0.25, 0.3) is 0 Å². The van der Waals surface area contributed by atoms with Gasteiger partial charge in [-0.15, -0.1) is 0 Å². The van der Waals surface area contributed by atoms with Gasteiger partial charge in [-0.25, -0.2) is 0 Å². The molecule has 2 heteroatoms. The van der Waals surface area contributed by atoms with Gasteiger partial charge in [-0.3, -0.25) is 0 Å². The molecule has 2 aliphatic carbocycles. The van der Waals surface area contributed by atoms with Crippen LogP contribution in [0, 0.1) is 0 Å². The molecule has 486 valence electrons. The van der Waals surface area contributed by atoms with Crippen molar-refractivity contribution in [3.05, 3.63) is 457 Å². The van der Waals surface area contributed by atoms with Gasteiger partial charge in [0.05, 0.1) is 33.6 Å². The fourth-order valence-corrected chi connectivity index (χ4v) is 17.8. The fourth-order valence-electron chi connectivity index (χ4n) is 17.8. The van der Waals surface area contributed by atoms with Crippen molar-refractivity contribution in [2.75, 3.05) is 9.80 Å². The number of hydrogen-bond donors (Lipinski definition) is 0. The Morgan fingerprint density at radius 3 is 1.11 bits per heavy atom. The molecular formula is C102H68N2. The fraction of sp³-hybridized carbons (Fsp3) is 0.0196. The Labute approximate surface area is 606 Å². The van der Waals surface area contributed by atoms with Crippen molar-refractivity contribution in [2.24, 2.45) is 0 Å². The minimum absolute atomic E-state index is 0.583. The third kappa shape index (κ3) is 9.57. The molecule has 2 aliphatic rings. The Morgan fingerprint density at radius 2 is 0.519 bits per heavy atom. The van der Waals surface area contributed by atoms with Gasteiger partial charge >= 0.3 is 0 Å². The normalized spacial score (nSPS) is 13.9. The number of fused-ring (bicyclic) bond motifs is 10. The summed E-state index contributed by atoms with van der Waals surface area (Å²) >= 11 is 0. The minimum atomic E-state index is -0.708. The summed E-state index contributed by atoms with van der Waals surface area (Å²) in [5.74, 6) is 0. The van der Waals surface area contributed by atoms with Crippen LogP contribution >= 0.6 is 0 Å². The molecule has 0 saturated carbocycles. The number of rotatable bonds is 13. The highest BCUT2D eigenvalue weighted by Gasteiger charge is 2.49. The standard InChI is InChI=1S/C102H68N2/c1-6-27-69(28-7-1)74-55-56-78-67-85(61-58-76(78)63-74)103(95-49-23-32-72-31-16-17-42-87(72)95)98-52-26-48-94-100(98)90-44-19-21-46-92(90)102(94,83-39-14-5-15-40-83)84-41-22-33-73(66-84)77-59-62-88-79(64-77)34-24-50-96(88)104(86-60-57-71-53-54-75(65-80(71)68-86)70-29-8-2-9-30-70)97-51-25-47-93-99(97)89-43-18-20-45-91(89)101(93,81-35-10-3-11-36-81)82-37-12-4-13-38-82/h1-68H. The Morgan fingerprint density at radius 1 is 0.173 bits per heavy atom. The summed E-state index contributed by atoms with van der Waals surface area (Å²) in [4.78, 5) is 5.08. The lowest BCUT2D eigenvalue weighted by molar-refractivity contribution is 0.768. The van der Waals surface area contributed by atoms with E-state index in [0.717, 1.165) is 56.0 Å². The van der Waals surface area contributed by atoms with E-state index in [9.17, 15) is 0 Å². The Bertz CT molecular complexity index is 6320. The predicted molar refractivity (Wildman–Crippen MR) is 437 cm³/mol. The summed E-state index contributed by atoms with van der Waals surface area (Å²) in [6, 6.07) is 154. The average molecular weight is 1320 g/mol. The molecule has 0 aliphatic heterocycles. The van der Waals surface area contributed by atoms with Crippen molar-refractivity contribution in [1.82, 2.24) is 0 Å². The second kappa shape index (κ2) is 24.7. The molecule has 0 amide bonds. The molecule has 104 heavy (non-hydrogen) atoms. The molecule has 0 heterocycles. The van der Waals surface area contributed by atoms with Crippen LogP contribution in [0.4, 0.5) is 34.1 Å². The monoisotopic (exact) mass is 1320 g/mol. The van der Waals surface area contributed by atoms with E-state index in [0.29, 0.717) is 0 Å². The lowest BCUT2D eigenvalue weighted by atomic mass is 9.67. The van der Waals surface area contributed by atoms with Crippen molar-refractivity contribution in [3.8, 4) is 55.6 Å². The Balaban J connectivity index is 0.761. The van der Waals surface area contributed by atoms with Gasteiger partial charge in [-0.05, 0) is 194 Å². The van der Waals surface area contributed by atoms with Gasteiger partial charge < -0.3 is 9.80 Å². The predicted octanol–water partition coefficient (Wildman–Crippen LogP) is 27.0. The largest absolute Gasteiger partial charge is 0.309 e. The van der Waals surface area contributed by atoms with Crippen LogP contribution in [0.15, 0.2) is 413 Å². The number of nitrogens with zero attached hydrogens (tertiary/aromatic N) is 2. The van der Waals surface area contributed by atoms with Crippen molar-refractivity contribution in [2.45, 2.75) is 10.8 Å². The first kappa shape index (κ1) is 60.6. The number of hydrogen-bond acceptors (Lipinski definition) is 2. The molecule has 0 radical (unpaired) electrons. The number of anilines is 6. The summed E-state index contributed by atoms with van der Waals surface area (Å²) in [7, 11) is 0. The van der Waals surface area contributed by atoms with E-state index in [4.69, 9.17) is 0 Å². The third-order valence-corrected chi connectivity index (χ3v) is 22.3. The van der Waals surface area contributed by atoms with E-state index in [-0.39, 0.29) is 0 Å². The van der Waals surface area contributed by atoms with Crippen LogP contribution in [0.5, 0.6) is 0 Å². The van der Waals surface area contributed by atoms with Crippen LogP contribution in [0.2, 0.25) is 0 Å². The maximum Gasteiger partial charge on any atom is 0.0714 e. The van der Waals surface area contributed by atoms with Gasteiger partial charge in [-0.2, -0.15) is 0 Å². The van der Waals surface area contributed by atoms with Crippen LogP contribution in [0.3, 0.4) is 0 Å². The van der Waals surface area contributed by atoms with E-state index >= 15 is 0 Å². The van der Waals surface area contributed by atoms with Gasteiger partial charge in [0, 0.05) is 33.3 Å². The molecule has 18 aromatic rings. The lowest BCUT2D eigenvalue weighted by Crippen LogP contribution is -2.28. The van der Waals surface area contributed by atoms with Crippen molar-refractivity contribution in [1.29, 1.82) is 0 Å². The van der Waals surface area contributed by atoms with E-state index in [1.54, 1.807) is 0 Å². The van der Waals surface area contributed by atoms with Crippen LogP contribution in [0.1, 0.15) is 44.5 Å². The SMILES string of the molecule is c1ccc(-c2ccc3cc(N(c4cccc5c4-c4ccccc4C5(c4ccccc4)c4cccc(-c5ccc6c(N(c7ccc8ccc(-c9ccccc9)cc8c7)c7cccc8c7-c7ccccc7C8(c7ccccc7)c7ccccc7)cccc6c5)c4)c4cccc5ccccc45)ccc3c2)cc1. The summed E-state index contributed by atoms with van der Waals surface area (Å²) in [5, 5.41) is 9.42. The van der Waals surface area contributed by atoms with Crippen LogP contribution in [-0.4, -0.2) is 0 Å². The molecule has 2 nitrogen and oxygen atoms in total. The molecule has 0 aromatic heterocycles. The highest BCUT2D eigenvalue weighted by molar-refractivity contribution is 6.08. The van der Waals surface area contributed by atoms with Crippen molar-refractivity contribution >= 4 is 77.2 Å². The summed E-state index contributed by atoms with van der Waals surface area (Å²) in [5.41, 5.74) is 27.2. The van der Waals surface area contributed by atoms with Crippen LogP contribution < -0.4 is 9.80 Å². The maximum atomic E-state index is 2.55. The van der Waals surface area contributed by atoms with Gasteiger partial charge in [0.15, 0.2) is 0 Å². The first-order valence-electron chi connectivity index (χ1n) is 36.1. The summed E-state index contributed by atoms with van der Waals surface area (Å²) in [6.07, 6.45) is 0. The second-order valence-corrected chi connectivity index (χ2v) is 27.8. The quantitative estimate of drug-likeness (QED) is 0.114. The summed E-state index contributed by atoms with van der Waals surface area (Å²) in [6.45, 7) is 0. The van der Waals surface area contributed by atoms with Crippen molar-refractivity contribution in [3.63, 3.8) is 0 Å². The molecule has 18 aromatic carbocycles. The van der Waals surface area contributed by atoms with Gasteiger partial charge in [-0.1, -0.05) is 340 Å². The zero-order valence-electron chi connectivity index (χ0n) is 57.2. The lowest BCUT2D eigenvalue weighted by Gasteiger charge is -2.35. The van der Waals surface area contributed by atoms with E-state index < -0.39 is 10.8 Å². The topological polar surface area (TPSA) is 6.48 Å². The molecule has 0 fully saturated rings. The van der Waals surface area contributed by atoms with Crippen LogP contribution in [0.25, 0.3) is 98.7 Å². The van der Waals surface area contributed by atoms with Gasteiger partial charge in [0.1, 0.15) is 0 Å². The van der Waals surface area contributed by atoms with E-state index in [1.165, 1.54) is 121 Å². The maximum absolute atomic E-state index is 2.55. The highest BCUT2D eigenvalue weighted by atomic mass is 15.2. The molecule has 1 atom stereocenters. The van der Waals surface area contributed by atoms with E-state index in [1.807, 2.05) is 0 Å². The van der Waals surface area contributed by atoms with Crippen LogP contribution in [-0.2, 0) is 10.8 Å². The molecule has 20 rings (SSSR count). The van der Waals surface area contributed by atoms with E-state index in [2.05, 4.69) is 422 Å². The summed E-state index contributed by atoms with van der Waals surface area (Å²) < 4.78 is 0. The first-order valence-corrected chi connectivity index (χ1v) is 36.1. The second-order valence-electron chi connectivity index (χ2n) is 27.8. The smallest absolute Gasteiger partial charge is 0.0714 e. The number of benzene rings is 18. The first-order chi connectivity index (χ1) is 51.6. The Kier molecular flexibility index (Phi) is 14.4. The molecule has 0 saturated heterocycles. The third-order valence-electron chi connectivity index (χ3n) is 22.3. The minimum Gasteiger partial charge on any atom is -0.309 e.